The van der Waals surface area contributed by atoms with E-state index in [9.17, 15) is 4.79 Å². The number of hydrogen-bond acceptors (Lipinski definition) is 7. The predicted octanol–water partition coefficient (Wildman–Crippen LogP) is 4.25. The molecule has 8 nitrogen and oxygen atoms in total. The average molecular weight is 501 g/mol. The van der Waals surface area contributed by atoms with Gasteiger partial charge in [-0.3, -0.25) is 9.69 Å². The van der Waals surface area contributed by atoms with Gasteiger partial charge in [0, 0.05) is 68.2 Å². The van der Waals surface area contributed by atoms with Crippen LogP contribution in [0.25, 0.3) is 22.0 Å². The number of piperazine rings is 1. The van der Waals surface area contributed by atoms with E-state index in [0.29, 0.717) is 42.6 Å². The summed E-state index contributed by atoms with van der Waals surface area (Å²) >= 11 is 0. The molecule has 5 rings (SSSR count). The van der Waals surface area contributed by atoms with Crippen molar-refractivity contribution in [3.8, 4) is 11.1 Å². The van der Waals surface area contributed by atoms with Gasteiger partial charge in [0.05, 0.1) is 17.8 Å². The van der Waals surface area contributed by atoms with E-state index in [1.165, 1.54) is 13.0 Å². The van der Waals surface area contributed by atoms with Gasteiger partial charge in [-0.2, -0.15) is 0 Å². The Labute approximate surface area is 214 Å². The molecule has 3 N–H and O–H groups in total. The summed E-state index contributed by atoms with van der Waals surface area (Å²) in [5, 5.41) is 15.9. The summed E-state index contributed by atoms with van der Waals surface area (Å²) in [4.78, 5) is 24.8. The van der Waals surface area contributed by atoms with E-state index in [1.54, 1.807) is 12.3 Å². The average Bonchev–Trinajstić information content (AvgIpc) is 2.89. The number of β-amino-alcohol motifs (C(OH)–C–C–N with tert-alkyl or cyclic N) is 1. The standard InChI is InChI=1S/C28H29FN6O2/c1-19(37)31-22-6-2-4-20(16-22)24-7-3-5-21-18-30-28(33-27(21)24)32-23-8-9-26(25(29)17-23)35-12-10-34(11-13-35)14-15-36/h2-9,16-18,36H,10-15H2,1H3,(H,31,37)(H,30,32,33). The van der Waals surface area contributed by atoms with Crippen molar-refractivity contribution in [2.75, 3.05) is 54.9 Å². The van der Waals surface area contributed by atoms with E-state index in [4.69, 9.17) is 10.1 Å². The summed E-state index contributed by atoms with van der Waals surface area (Å²) in [6, 6.07) is 18.5. The number of halogens is 1. The third-order valence-electron chi connectivity index (χ3n) is 6.44. The number of para-hydroxylation sites is 1. The van der Waals surface area contributed by atoms with Crippen LogP contribution in [0.5, 0.6) is 0 Å². The van der Waals surface area contributed by atoms with Gasteiger partial charge in [-0.1, -0.05) is 30.3 Å². The molecule has 0 unspecified atom stereocenters. The summed E-state index contributed by atoms with van der Waals surface area (Å²) in [6.07, 6.45) is 1.74. The predicted molar refractivity (Wildman–Crippen MR) is 145 cm³/mol. The minimum absolute atomic E-state index is 0.133. The lowest BCUT2D eigenvalue weighted by molar-refractivity contribution is -0.114. The molecular formula is C28H29FN6O2. The second kappa shape index (κ2) is 10.9. The number of hydrogen-bond donors (Lipinski definition) is 3. The highest BCUT2D eigenvalue weighted by molar-refractivity contribution is 5.95. The van der Waals surface area contributed by atoms with Crippen LogP contribution in [0.15, 0.2) is 66.9 Å². The Morgan fingerprint density at radius 1 is 1.03 bits per heavy atom. The Morgan fingerprint density at radius 2 is 1.84 bits per heavy atom. The number of amides is 1. The van der Waals surface area contributed by atoms with Crippen molar-refractivity contribution in [2.45, 2.75) is 6.92 Å². The minimum atomic E-state index is -0.308. The summed E-state index contributed by atoms with van der Waals surface area (Å²) in [6.45, 7) is 5.27. The van der Waals surface area contributed by atoms with Crippen molar-refractivity contribution in [3.05, 3.63) is 72.7 Å². The normalized spacial score (nSPS) is 14.1. The Balaban J connectivity index is 1.37. The quantitative estimate of drug-likeness (QED) is 0.349. The fourth-order valence-electron chi connectivity index (χ4n) is 4.64. The number of fused-ring (bicyclic) bond motifs is 1. The number of carbonyl (C=O) groups is 1. The molecule has 1 aromatic heterocycles. The van der Waals surface area contributed by atoms with Crippen LogP contribution in [0.4, 0.5) is 27.4 Å². The number of carbonyl (C=O) groups excluding carboxylic acids is 1. The fourth-order valence-corrected chi connectivity index (χ4v) is 4.64. The molecule has 1 saturated heterocycles. The molecule has 0 aliphatic carbocycles. The number of anilines is 4. The number of nitrogens with one attached hydrogen (secondary N) is 2. The van der Waals surface area contributed by atoms with Crippen molar-refractivity contribution >= 4 is 39.8 Å². The first-order valence-electron chi connectivity index (χ1n) is 12.3. The SMILES string of the molecule is CC(=O)Nc1cccc(-c2cccc3cnc(Nc4ccc(N5CCN(CCO)CC5)c(F)c4)nc23)c1. The molecule has 1 aliphatic rings. The van der Waals surface area contributed by atoms with Gasteiger partial charge in [0.1, 0.15) is 5.82 Å². The number of rotatable bonds is 7. The first-order chi connectivity index (χ1) is 18.0. The van der Waals surface area contributed by atoms with E-state index >= 15 is 4.39 Å². The fraction of sp³-hybridized carbons (Fsp3) is 0.250. The van der Waals surface area contributed by atoms with Crippen LogP contribution in [0.2, 0.25) is 0 Å². The van der Waals surface area contributed by atoms with Gasteiger partial charge in [-0.05, 0) is 35.9 Å². The van der Waals surface area contributed by atoms with E-state index in [0.717, 1.165) is 35.1 Å². The molecule has 4 aromatic rings. The molecule has 2 heterocycles. The first-order valence-corrected chi connectivity index (χ1v) is 12.3. The van der Waals surface area contributed by atoms with Crippen LogP contribution < -0.4 is 15.5 Å². The molecule has 190 valence electrons. The summed E-state index contributed by atoms with van der Waals surface area (Å²) in [5.41, 5.74) is 4.39. The smallest absolute Gasteiger partial charge is 0.227 e. The van der Waals surface area contributed by atoms with Crippen molar-refractivity contribution in [2.24, 2.45) is 0 Å². The van der Waals surface area contributed by atoms with Gasteiger partial charge in [-0.15, -0.1) is 0 Å². The minimum Gasteiger partial charge on any atom is -0.395 e. The van der Waals surface area contributed by atoms with E-state index in [-0.39, 0.29) is 18.3 Å². The molecule has 0 radical (unpaired) electrons. The van der Waals surface area contributed by atoms with Gasteiger partial charge in [0.15, 0.2) is 0 Å². The summed E-state index contributed by atoms with van der Waals surface area (Å²) in [7, 11) is 0. The van der Waals surface area contributed by atoms with Crippen LogP contribution >= 0.6 is 0 Å². The molecule has 0 spiro atoms. The molecule has 0 bridgehead atoms. The molecule has 3 aromatic carbocycles. The summed E-state index contributed by atoms with van der Waals surface area (Å²) in [5.74, 6) is -0.0781. The van der Waals surface area contributed by atoms with Crippen molar-refractivity contribution in [1.29, 1.82) is 0 Å². The zero-order valence-electron chi connectivity index (χ0n) is 20.6. The van der Waals surface area contributed by atoms with Gasteiger partial charge in [0.2, 0.25) is 11.9 Å². The van der Waals surface area contributed by atoms with Crippen LogP contribution in [0.3, 0.4) is 0 Å². The first kappa shape index (κ1) is 24.6. The zero-order chi connectivity index (χ0) is 25.8. The Hall–Kier alpha value is -4.08. The summed E-state index contributed by atoms with van der Waals surface area (Å²) < 4.78 is 15.0. The lowest BCUT2D eigenvalue weighted by Crippen LogP contribution is -2.47. The number of aromatic nitrogens is 2. The van der Waals surface area contributed by atoms with Gasteiger partial charge < -0.3 is 20.6 Å². The third-order valence-corrected chi connectivity index (χ3v) is 6.44. The highest BCUT2D eigenvalue weighted by Gasteiger charge is 2.19. The molecule has 0 saturated carbocycles. The van der Waals surface area contributed by atoms with Gasteiger partial charge in [0.25, 0.3) is 0 Å². The molecule has 9 heteroatoms. The van der Waals surface area contributed by atoms with Crippen LogP contribution in [0.1, 0.15) is 6.92 Å². The Bertz CT molecular complexity index is 1420. The molecule has 37 heavy (non-hydrogen) atoms. The van der Waals surface area contributed by atoms with E-state index < -0.39 is 0 Å². The molecule has 1 aliphatic heterocycles. The Kier molecular flexibility index (Phi) is 7.25. The van der Waals surface area contributed by atoms with E-state index in [1.807, 2.05) is 53.4 Å². The number of aliphatic hydroxyl groups is 1. The van der Waals surface area contributed by atoms with Crippen LogP contribution in [-0.2, 0) is 4.79 Å². The lowest BCUT2D eigenvalue weighted by atomic mass is 10.0. The monoisotopic (exact) mass is 500 g/mol. The van der Waals surface area contributed by atoms with Crippen molar-refractivity contribution < 1.29 is 14.3 Å². The molecule has 1 fully saturated rings. The number of nitrogens with zero attached hydrogens (tertiary/aromatic N) is 4. The van der Waals surface area contributed by atoms with Crippen molar-refractivity contribution in [1.82, 2.24) is 14.9 Å². The maximum Gasteiger partial charge on any atom is 0.227 e. The number of benzene rings is 3. The molecular weight excluding hydrogens is 471 g/mol. The maximum absolute atomic E-state index is 15.0. The van der Waals surface area contributed by atoms with E-state index in [2.05, 4.69) is 20.5 Å². The zero-order valence-corrected chi connectivity index (χ0v) is 20.6. The second-order valence-corrected chi connectivity index (χ2v) is 9.04. The highest BCUT2D eigenvalue weighted by Crippen LogP contribution is 2.30. The largest absolute Gasteiger partial charge is 0.395 e. The highest BCUT2D eigenvalue weighted by atomic mass is 19.1. The van der Waals surface area contributed by atoms with Crippen LogP contribution in [-0.4, -0.2) is 65.2 Å². The topological polar surface area (TPSA) is 93.6 Å². The van der Waals surface area contributed by atoms with Gasteiger partial charge in [-0.25, -0.2) is 14.4 Å². The second-order valence-electron chi connectivity index (χ2n) is 9.04. The van der Waals surface area contributed by atoms with Crippen LogP contribution in [0, 0.1) is 5.82 Å². The molecule has 0 atom stereocenters. The molecule has 1 amide bonds. The maximum atomic E-state index is 15.0. The third kappa shape index (κ3) is 5.68. The Morgan fingerprint density at radius 3 is 2.59 bits per heavy atom. The van der Waals surface area contributed by atoms with Crippen molar-refractivity contribution in [3.63, 3.8) is 0 Å². The van der Waals surface area contributed by atoms with Gasteiger partial charge >= 0.3 is 0 Å². The number of aliphatic hydroxyl groups excluding tert-OH is 1. The lowest BCUT2D eigenvalue weighted by Gasteiger charge is -2.36.